The predicted molar refractivity (Wildman–Crippen MR) is 64.4 cm³/mol. The molecule has 0 radical (unpaired) electrons. The Morgan fingerprint density at radius 2 is 1.89 bits per heavy atom. The highest BCUT2D eigenvalue weighted by Crippen LogP contribution is 2.16. The van der Waals surface area contributed by atoms with Crippen molar-refractivity contribution in [2.24, 2.45) is 0 Å². The zero-order chi connectivity index (χ0) is 14.5. The molecule has 1 aromatic rings. The van der Waals surface area contributed by atoms with E-state index in [0.29, 0.717) is 4.90 Å². The number of ether oxygens (including phenoxy) is 1. The van der Waals surface area contributed by atoms with Crippen LogP contribution >= 0.6 is 0 Å². The number of likely N-dealkylation sites (N-methyl/N-ethyl adjacent to an activating group) is 1. The SMILES string of the molecule is CC(OCc1ccccc1)C(=O)N(C)CC(F)(F)F. The van der Waals surface area contributed by atoms with Gasteiger partial charge in [0.15, 0.2) is 0 Å². The van der Waals surface area contributed by atoms with Crippen LogP contribution in [0.3, 0.4) is 0 Å². The van der Waals surface area contributed by atoms with Crippen LogP contribution in [0.5, 0.6) is 0 Å². The third-order valence-corrected chi connectivity index (χ3v) is 2.48. The minimum Gasteiger partial charge on any atom is -0.364 e. The molecule has 0 aliphatic rings. The van der Waals surface area contributed by atoms with Gasteiger partial charge >= 0.3 is 6.18 Å². The van der Waals surface area contributed by atoms with Crippen LogP contribution in [0.1, 0.15) is 12.5 Å². The van der Waals surface area contributed by atoms with E-state index < -0.39 is 24.7 Å². The fraction of sp³-hybridized carbons (Fsp3) is 0.462. The molecule has 1 atom stereocenters. The van der Waals surface area contributed by atoms with Crippen molar-refractivity contribution in [2.45, 2.75) is 25.8 Å². The van der Waals surface area contributed by atoms with E-state index in [1.165, 1.54) is 6.92 Å². The Morgan fingerprint density at radius 3 is 2.42 bits per heavy atom. The number of carbonyl (C=O) groups excluding carboxylic acids is 1. The van der Waals surface area contributed by atoms with Gasteiger partial charge in [-0.15, -0.1) is 0 Å². The van der Waals surface area contributed by atoms with Gasteiger partial charge < -0.3 is 9.64 Å². The second-order valence-corrected chi connectivity index (χ2v) is 4.25. The molecule has 3 nitrogen and oxygen atoms in total. The van der Waals surface area contributed by atoms with Gasteiger partial charge in [0.1, 0.15) is 12.6 Å². The predicted octanol–water partition coefficient (Wildman–Crippen LogP) is 2.61. The van der Waals surface area contributed by atoms with Crippen molar-refractivity contribution >= 4 is 5.91 Å². The number of hydrogen-bond donors (Lipinski definition) is 0. The second-order valence-electron chi connectivity index (χ2n) is 4.25. The average molecular weight is 275 g/mol. The standard InChI is InChI=1S/C13H16F3NO2/c1-10(12(18)17(2)9-13(14,15)16)19-8-11-6-4-3-5-7-11/h3-7,10H,8-9H2,1-2H3. The van der Waals surface area contributed by atoms with Crippen molar-refractivity contribution in [1.29, 1.82) is 0 Å². The van der Waals surface area contributed by atoms with E-state index >= 15 is 0 Å². The maximum atomic E-state index is 12.1. The first-order valence-electron chi connectivity index (χ1n) is 5.77. The van der Waals surface area contributed by atoms with Gasteiger partial charge in [0.2, 0.25) is 0 Å². The lowest BCUT2D eigenvalue weighted by atomic mass is 10.2. The van der Waals surface area contributed by atoms with Gasteiger partial charge in [-0.2, -0.15) is 13.2 Å². The molecule has 0 saturated heterocycles. The van der Waals surface area contributed by atoms with Gasteiger partial charge in [0.05, 0.1) is 6.61 Å². The number of nitrogens with zero attached hydrogens (tertiary/aromatic N) is 1. The fourth-order valence-electron chi connectivity index (χ4n) is 1.52. The number of amides is 1. The normalized spacial score (nSPS) is 13.1. The van der Waals surface area contributed by atoms with E-state index in [1.807, 2.05) is 30.3 Å². The molecule has 19 heavy (non-hydrogen) atoms. The average Bonchev–Trinajstić information content (AvgIpc) is 2.34. The Labute approximate surface area is 110 Å². The van der Waals surface area contributed by atoms with Crippen molar-refractivity contribution in [3.05, 3.63) is 35.9 Å². The monoisotopic (exact) mass is 275 g/mol. The second kappa shape index (κ2) is 6.56. The van der Waals surface area contributed by atoms with Gasteiger partial charge in [-0.25, -0.2) is 0 Å². The molecule has 0 N–H and O–H groups in total. The van der Waals surface area contributed by atoms with Crippen LogP contribution in [0.2, 0.25) is 0 Å². The van der Waals surface area contributed by atoms with Crippen LogP contribution in [0.25, 0.3) is 0 Å². The molecule has 1 unspecified atom stereocenters. The number of alkyl halides is 3. The first kappa shape index (κ1) is 15.5. The zero-order valence-electron chi connectivity index (χ0n) is 10.8. The molecule has 6 heteroatoms. The summed E-state index contributed by atoms with van der Waals surface area (Å²) in [5, 5.41) is 0. The number of halogens is 3. The maximum Gasteiger partial charge on any atom is 0.406 e. The lowest BCUT2D eigenvalue weighted by molar-refractivity contribution is -0.165. The summed E-state index contributed by atoms with van der Waals surface area (Å²) in [5.74, 6) is -0.687. The lowest BCUT2D eigenvalue weighted by Crippen LogP contribution is -2.41. The Kier molecular flexibility index (Phi) is 5.35. The molecule has 1 rings (SSSR count). The molecule has 106 valence electrons. The summed E-state index contributed by atoms with van der Waals surface area (Å²) in [6.45, 7) is 0.358. The molecule has 0 saturated carbocycles. The Balaban J connectivity index is 2.44. The van der Waals surface area contributed by atoms with E-state index in [0.717, 1.165) is 12.6 Å². The molecule has 0 aromatic heterocycles. The summed E-state index contributed by atoms with van der Waals surface area (Å²) < 4.78 is 41.7. The molecule has 0 aliphatic heterocycles. The van der Waals surface area contributed by atoms with E-state index in [2.05, 4.69) is 0 Å². The lowest BCUT2D eigenvalue weighted by Gasteiger charge is -2.22. The summed E-state index contributed by atoms with van der Waals surface area (Å²) in [7, 11) is 1.11. The summed E-state index contributed by atoms with van der Waals surface area (Å²) in [5.41, 5.74) is 0.862. The summed E-state index contributed by atoms with van der Waals surface area (Å²) in [6.07, 6.45) is -5.31. The summed E-state index contributed by atoms with van der Waals surface area (Å²) in [4.78, 5) is 12.3. The molecular weight excluding hydrogens is 259 g/mol. The van der Waals surface area contributed by atoms with Crippen LogP contribution in [0, 0.1) is 0 Å². The molecule has 0 fully saturated rings. The van der Waals surface area contributed by atoms with Gasteiger partial charge in [-0.1, -0.05) is 30.3 Å². The molecule has 1 amide bonds. The van der Waals surface area contributed by atoms with E-state index in [4.69, 9.17) is 4.74 Å². The molecule has 0 heterocycles. The van der Waals surface area contributed by atoms with Gasteiger partial charge in [0.25, 0.3) is 5.91 Å². The third-order valence-electron chi connectivity index (χ3n) is 2.48. The van der Waals surface area contributed by atoms with E-state index in [9.17, 15) is 18.0 Å². The minimum atomic E-state index is -4.40. The number of carbonyl (C=O) groups is 1. The van der Waals surface area contributed by atoms with Crippen molar-refractivity contribution in [2.75, 3.05) is 13.6 Å². The first-order chi connectivity index (χ1) is 8.79. The van der Waals surface area contributed by atoms with Crippen LogP contribution in [0.15, 0.2) is 30.3 Å². The smallest absolute Gasteiger partial charge is 0.364 e. The highest BCUT2D eigenvalue weighted by Gasteiger charge is 2.32. The van der Waals surface area contributed by atoms with Crippen LogP contribution in [-0.4, -0.2) is 36.7 Å². The van der Waals surface area contributed by atoms with Crippen LogP contribution in [-0.2, 0) is 16.1 Å². The van der Waals surface area contributed by atoms with Crippen LogP contribution in [0.4, 0.5) is 13.2 Å². The van der Waals surface area contributed by atoms with Crippen molar-refractivity contribution in [3.63, 3.8) is 0 Å². The topological polar surface area (TPSA) is 29.5 Å². The minimum absolute atomic E-state index is 0.188. The number of benzene rings is 1. The molecule has 0 spiro atoms. The Hall–Kier alpha value is -1.56. The van der Waals surface area contributed by atoms with Gasteiger partial charge in [-0.3, -0.25) is 4.79 Å². The first-order valence-corrected chi connectivity index (χ1v) is 5.77. The van der Waals surface area contributed by atoms with Gasteiger partial charge in [-0.05, 0) is 12.5 Å². The highest BCUT2D eigenvalue weighted by atomic mass is 19.4. The largest absolute Gasteiger partial charge is 0.406 e. The Morgan fingerprint density at radius 1 is 1.32 bits per heavy atom. The van der Waals surface area contributed by atoms with E-state index in [-0.39, 0.29) is 6.61 Å². The zero-order valence-corrected chi connectivity index (χ0v) is 10.8. The number of hydrogen-bond acceptors (Lipinski definition) is 2. The van der Waals surface area contributed by atoms with Gasteiger partial charge in [0, 0.05) is 7.05 Å². The van der Waals surface area contributed by atoms with Crippen LogP contribution < -0.4 is 0 Å². The van der Waals surface area contributed by atoms with Crippen molar-refractivity contribution in [3.8, 4) is 0 Å². The third kappa shape index (κ3) is 5.74. The Bertz CT molecular complexity index is 406. The summed E-state index contributed by atoms with van der Waals surface area (Å²) >= 11 is 0. The molecular formula is C13H16F3NO2. The maximum absolute atomic E-state index is 12.1. The van der Waals surface area contributed by atoms with E-state index in [1.54, 1.807) is 0 Å². The van der Waals surface area contributed by atoms with Crippen molar-refractivity contribution in [1.82, 2.24) is 4.90 Å². The fourth-order valence-corrected chi connectivity index (χ4v) is 1.52. The quantitative estimate of drug-likeness (QED) is 0.826. The number of rotatable bonds is 5. The molecule has 0 aliphatic carbocycles. The molecule has 0 bridgehead atoms. The molecule has 1 aromatic carbocycles. The summed E-state index contributed by atoms with van der Waals surface area (Å²) in [6, 6.07) is 9.12. The highest BCUT2D eigenvalue weighted by molar-refractivity contribution is 5.80. The van der Waals surface area contributed by atoms with Crippen molar-refractivity contribution < 1.29 is 22.7 Å².